The number of ether oxygens (including phenoxy) is 1. The number of likely N-dealkylation sites (N-methyl/N-ethyl adjacent to an activating group) is 1. The highest BCUT2D eigenvalue weighted by Crippen LogP contribution is 2.35. The van der Waals surface area contributed by atoms with Gasteiger partial charge in [0.1, 0.15) is 18.3 Å². The summed E-state index contributed by atoms with van der Waals surface area (Å²) in [7, 11) is -2.44. The number of methoxy groups -OCH3 is 1. The van der Waals surface area contributed by atoms with E-state index in [1.165, 1.54) is 24.1 Å². The fraction of sp³-hybridized carbons (Fsp3) is 0.364. The van der Waals surface area contributed by atoms with E-state index >= 15 is 0 Å². The molecule has 2 rings (SSSR count). The summed E-state index contributed by atoms with van der Waals surface area (Å²) < 4.78 is 31.3. The number of hydrogen-bond acceptors (Lipinski definition) is 5. The van der Waals surface area contributed by atoms with Crippen molar-refractivity contribution in [2.45, 2.75) is 26.4 Å². The van der Waals surface area contributed by atoms with E-state index in [0.29, 0.717) is 17.9 Å². The zero-order valence-electron chi connectivity index (χ0n) is 19.1. The van der Waals surface area contributed by atoms with Gasteiger partial charge in [0.15, 0.2) is 0 Å². The van der Waals surface area contributed by atoms with E-state index in [4.69, 9.17) is 39.5 Å². The molecule has 186 valence electrons. The number of sulfonamides is 1. The Hall–Kier alpha value is -2.20. The van der Waals surface area contributed by atoms with Crippen molar-refractivity contribution in [1.82, 2.24) is 10.2 Å². The molecule has 2 aromatic carbocycles. The number of benzene rings is 2. The molecule has 0 spiro atoms. The molecule has 0 bridgehead atoms. The fourth-order valence-electron chi connectivity index (χ4n) is 3.17. The largest absolute Gasteiger partial charge is 0.497 e. The Labute approximate surface area is 214 Å². The van der Waals surface area contributed by atoms with Crippen molar-refractivity contribution < 1.29 is 22.7 Å². The maximum Gasteiger partial charge on any atom is 0.244 e. The van der Waals surface area contributed by atoms with E-state index in [9.17, 15) is 18.0 Å². The van der Waals surface area contributed by atoms with Crippen LogP contribution in [0.25, 0.3) is 0 Å². The molecular weight excluding hydrogens is 525 g/mol. The number of anilines is 1. The average Bonchev–Trinajstić information content (AvgIpc) is 2.77. The van der Waals surface area contributed by atoms with Crippen LogP contribution in [0.5, 0.6) is 5.75 Å². The predicted molar refractivity (Wildman–Crippen MR) is 135 cm³/mol. The predicted octanol–water partition coefficient (Wildman–Crippen LogP) is 3.97. The fourth-order valence-corrected chi connectivity index (χ4v) is 4.72. The van der Waals surface area contributed by atoms with Crippen molar-refractivity contribution in [3.05, 3.63) is 57.0 Å². The molecule has 8 nitrogen and oxygen atoms in total. The molecule has 1 atom stereocenters. The third kappa shape index (κ3) is 7.15. The summed E-state index contributed by atoms with van der Waals surface area (Å²) >= 11 is 18.3. The van der Waals surface area contributed by atoms with Crippen LogP contribution >= 0.6 is 34.8 Å². The van der Waals surface area contributed by atoms with Crippen molar-refractivity contribution in [3.63, 3.8) is 0 Å². The van der Waals surface area contributed by atoms with Crippen molar-refractivity contribution in [3.8, 4) is 5.75 Å². The van der Waals surface area contributed by atoms with Gasteiger partial charge >= 0.3 is 0 Å². The van der Waals surface area contributed by atoms with Crippen LogP contribution in [-0.4, -0.2) is 57.6 Å². The summed E-state index contributed by atoms with van der Waals surface area (Å²) in [5, 5.41) is 2.90. The van der Waals surface area contributed by atoms with Crippen LogP contribution in [0.3, 0.4) is 0 Å². The first kappa shape index (κ1) is 28.0. The van der Waals surface area contributed by atoms with Gasteiger partial charge in [-0.25, -0.2) is 8.42 Å². The molecule has 0 saturated carbocycles. The highest BCUT2D eigenvalue weighted by Gasteiger charge is 2.31. The lowest BCUT2D eigenvalue weighted by Gasteiger charge is -2.31. The van der Waals surface area contributed by atoms with E-state index in [-0.39, 0.29) is 33.2 Å². The van der Waals surface area contributed by atoms with Gasteiger partial charge in [-0.15, -0.1) is 0 Å². The Morgan fingerprint density at radius 3 is 2.32 bits per heavy atom. The van der Waals surface area contributed by atoms with Gasteiger partial charge in [0.2, 0.25) is 21.8 Å². The lowest BCUT2D eigenvalue weighted by molar-refractivity contribution is -0.139. The second-order valence-corrected chi connectivity index (χ2v) is 10.6. The Kier molecular flexibility index (Phi) is 9.87. The summed E-state index contributed by atoms with van der Waals surface area (Å²) in [6.07, 6.45) is 0.943. The lowest BCUT2D eigenvalue weighted by Crippen LogP contribution is -2.51. The van der Waals surface area contributed by atoms with Crippen molar-refractivity contribution >= 4 is 62.3 Å². The van der Waals surface area contributed by atoms with E-state index in [1.807, 2.05) is 0 Å². The van der Waals surface area contributed by atoms with Gasteiger partial charge in [-0.2, -0.15) is 0 Å². The normalized spacial score (nSPS) is 12.1. The molecule has 0 saturated heterocycles. The SMILES string of the molecule is CCNC(=O)[C@@H](C)N(Cc1cccc(OC)c1)C(=O)CN(c1cc(Cl)c(Cl)cc1Cl)S(C)(=O)=O. The molecule has 34 heavy (non-hydrogen) atoms. The molecule has 0 aromatic heterocycles. The standard InChI is InChI=1S/C22H26Cl3N3O5S/c1-5-26-22(30)14(2)27(12-15-7-6-8-16(9-15)33-3)21(29)13-28(34(4,31)32)20-11-18(24)17(23)10-19(20)25/h6-11,14H,5,12-13H2,1-4H3,(H,26,30)/t14-/m1/s1. The minimum absolute atomic E-state index is 0.00101. The van der Waals surface area contributed by atoms with Crippen LogP contribution in [0, 0.1) is 0 Å². The molecule has 1 N–H and O–H groups in total. The maximum absolute atomic E-state index is 13.5. The van der Waals surface area contributed by atoms with Crippen LogP contribution in [0.2, 0.25) is 15.1 Å². The molecule has 0 heterocycles. The summed E-state index contributed by atoms with van der Waals surface area (Å²) in [6, 6.07) is 8.71. The second-order valence-electron chi connectivity index (χ2n) is 7.43. The average molecular weight is 551 g/mol. The molecule has 0 aliphatic rings. The first-order valence-corrected chi connectivity index (χ1v) is 13.2. The Balaban J connectivity index is 2.46. The molecule has 0 aliphatic carbocycles. The number of amides is 2. The molecule has 0 unspecified atom stereocenters. The minimum Gasteiger partial charge on any atom is -0.497 e. The van der Waals surface area contributed by atoms with E-state index < -0.39 is 28.5 Å². The molecule has 0 fully saturated rings. The van der Waals surface area contributed by atoms with Crippen molar-refractivity contribution in [2.24, 2.45) is 0 Å². The lowest BCUT2D eigenvalue weighted by atomic mass is 10.1. The zero-order valence-corrected chi connectivity index (χ0v) is 22.2. The number of carbonyl (C=O) groups excluding carboxylic acids is 2. The highest BCUT2D eigenvalue weighted by molar-refractivity contribution is 7.92. The highest BCUT2D eigenvalue weighted by atomic mass is 35.5. The van der Waals surface area contributed by atoms with Gasteiger partial charge in [0, 0.05) is 13.1 Å². The topological polar surface area (TPSA) is 96.0 Å². The van der Waals surface area contributed by atoms with E-state index in [0.717, 1.165) is 10.6 Å². The third-order valence-electron chi connectivity index (χ3n) is 4.94. The minimum atomic E-state index is -3.96. The van der Waals surface area contributed by atoms with Crippen LogP contribution in [-0.2, 0) is 26.2 Å². The van der Waals surface area contributed by atoms with Gasteiger partial charge in [-0.3, -0.25) is 13.9 Å². The molecule has 0 radical (unpaired) electrons. The van der Waals surface area contributed by atoms with Gasteiger partial charge in [0.05, 0.1) is 34.1 Å². The number of hydrogen-bond donors (Lipinski definition) is 1. The number of rotatable bonds is 10. The number of nitrogens with one attached hydrogen (secondary N) is 1. The summed E-state index contributed by atoms with van der Waals surface area (Å²) in [5.41, 5.74) is 0.696. The first-order valence-electron chi connectivity index (χ1n) is 10.2. The van der Waals surface area contributed by atoms with Gasteiger partial charge in [0.25, 0.3) is 0 Å². The van der Waals surface area contributed by atoms with Gasteiger partial charge in [-0.1, -0.05) is 46.9 Å². The van der Waals surface area contributed by atoms with Gasteiger partial charge in [-0.05, 0) is 43.7 Å². The third-order valence-corrected chi connectivity index (χ3v) is 7.09. The zero-order chi connectivity index (χ0) is 25.6. The van der Waals surface area contributed by atoms with Crippen LogP contribution in [0.4, 0.5) is 5.69 Å². The Morgan fingerprint density at radius 2 is 1.74 bits per heavy atom. The number of carbonyl (C=O) groups is 2. The van der Waals surface area contributed by atoms with Crippen LogP contribution in [0.1, 0.15) is 19.4 Å². The quantitative estimate of drug-likeness (QED) is 0.452. The Bertz CT molecular complexity index is 1160. The monoisotopic (exact) mass is 549 g/mol. The molecule has 0 aliphatic heterocycles. The summed E-state index contributed by atoms with van der Waals surface area (Å²) in [6.45, 7) is 3.14. The van der Waals surface area contributed by atoms with Gasteiger partial charge < -0.3 is 15.0 Å². The molecule has 2 amide bonds. The maximum atomic E-state index is 13.5. The first-order chi connectivity index (χ1) is 15.9. The smallest absolute Gasteiger partial charge is 0.244 e. The Morgan fingerprint density at radius 1 is 1.09 bits per heavy atom. The van der Waals surface area contributed by atoms with Crippen molar-refractivity contribution in [1.29, 1.82) is 0 Å². The molecule has 2 aromatic rings. The molecular formula is C22H26Cl3N3O5S. The van der Waals surface area contributed by atoms with E-state index in [2.05, 4.69) is 5.32 Å². The van der Waals surface area contributed by atoms with Crippen LogP contribution in [0.15, 0.2) is 36.4 Å². The summed E-state index contributed by atoms with van der Waals surface area (Å²) in [5.74, 6) is -0.415. The number of nitrogens with zero attached hydrogens (tertiary/aromatic N) is 2. The summed E-state index contributed by atoms with van der Waals surface area (Å²) in [4.78, 5) is 27.3. The van der Waals surface area contributed by atoms with E-state index in [1.54, 1.807) is 38.1 Å². The second kappa shape index (κ2) is 12.0. The van der Waals surface area contributed by atoms with Crippen molar-refractivity contribution in [2.75, 3.05) is 30.8 Å². The van der Waals surface area contributed by atoms with Crippen LogP contribution < -0.4 is 14.4 Å². The molecule has 12 heteroatoms. The number of halogens is 3.